The minimum Gasteiger partial charge on any atom is -0.481 e. The molecule has 0 saturated carbocycles. The molecular weight excluding hydrogens is 306 g/mol. The van der Waals surface area contributed by atoms with E-state index in [1.807, 2.05) is 6.92 Å². The molecule has 0 heterocycles. The molecule has 0 spiro atoms. The van der Waals surface area contributed by atoms with Crippen LogP contribution in [0.1, 0.15) is 59.8 Å². The molecule has 138 valence electrons. The number of carboxylic acids is 2. The quantitative estimate of drug-likeness (QED) is 0.392. The second kappa shape index (κ2) is 12.8. The maximum Gasteiger partial charge on any atom is 0.318 e. The smallest absolute Gasteiger partial charge is 0.318 e. The third kappa shape index (κ3) is 10.2. The number of hydrogen-bond acceptors (Lipinski definition) is 3. The first-order valence-corrected chi connectivity index (χ1v) is 8.80. The maximum atomic E-state index is 10.8. The van der Waals surface area contributed by atoms with Gasteiger partial charge in [0.25, 0.3) is 0 Å². The van der Waals surface area contributed by atoms with Crippen LogP contribution in [0.3, 0.4) is 0 Å². The van der Waals surface area contributed by atoms with Crippen LogP contribution in [0.2, 0.25) is 0 Å². The Balaban J connectivity index is 4.16. The Bertz CT molecular complexity index is 436. The lowest BCUT2D eigenvalue weighted by atomic mass is 10.0. The summed E-state index contributed by atoms with van der Waals surface area (Å²) >= 11 is 0. The average Bonchev–Trinajstić information content (AvgIpc) is 2.51. The molecule has 0 bridgehead atoms. The number of rotatable bonds is 13. The summed E-state index contributed by atoms with van der Waals surface area (Å²) in [6.07, 6.45) is 8.01. The van der Waals surface area contributed by atoms with Crippen molar-refractivity contribution in [3.05, 3.63) is 23.3 Å². The molecule has 0 aromatic heterocycles. The van der Waals surface area contributed by atoms with Crippen molar-refractivity contribution in [1.29, 1.82) is 0 Å². The van der Waals surface area contributed by atoms with Gasteiger partial charge in [0, 0.05) is 0 Å². The van der Waals surface area contributed by atoms with Crippen LogP contribution in [0.15, 0.2) is 23.3 Å². The molecule has 0 atom stereocenters. The van der Waals surface area contributed by atoms with Crippen molar-refractivity contribution >= 4 is 11.9 Å². The zero-order valence-electron chi connectivity index (χ0n) is 15.5. The molecule has 0 saturated heterocycles. The van der Waals surface area contributed by atoms with Crippen molar-refractivity contribution in [2.45, 2.75) is 59.8 Å². The topological polar surface area (TPSA) is 77.8 Å². The largest absolute Gasteiger partial charge is 0.481 e. The number of aliphatic carboxylic acids is 2. The Kier molecular flexibility index (Phi) is 11.9. The highest BCUT2D eigenvalue weighted by atomic mass is 16.4. The summed E-state index contributed by atoms with van der Waals surface area (Å²) < 4.78 is 0. The highest BCUT2D eigenvalue weighted by molar-refractivity contribution is 5.93. The SMILES string of the molecule is CCN(CC)CCCC(C)=CCCC(C)=CCC(C(=O)O)C(=O)O. The molecule has 24 heavy (non-hydrogen) atoms. The fourth-order valence-corrected chi connectivity index (χ4v) is 2.50. The van der Waals surface area contributed by atoms with Gasteiger partial charge in [-0.25, -0.2) is 0 Å². The van der Waals surface area contributed by atoms with E-state index in [-0.39, 0.29) is 6.42 Å². The number of carbonyl (C=O) groups is 2. The van der Waals surface area contributed by atoms with Crippen LogP contribution in [-0.2, 0) is 9.59 Å². The Morgan fingerprint density at radius 2 is 1.50 bits per heavy atom. The van der Waals surface area contributed by atoms with Crippen LogP contribution >= 0.6 is 0 Å². The molecule has 0 amide bonds. The lowest BCUT2D eigenvalue weighted by molar-refractivity contribution is -0.154. The van der Waals surface area contributed by atoms with Gasteiger partial charge in [0.15, 0.2) is 5.92 Å². The van der Waals surface area contributed by atoms with E-state index in [0.717, 1.165) is 50.9 Å². The Morgan fingerprint density at radius 1 is 0.958 bits per heavy atom. The Hall–Kier alpha value is -1.62. The molecule has 0 fully saturated rings. The first-order chi connectivity index (χ1) is 11.3. The summed E-state index contributed by atoms with van der Waals surface area (Å²) in [4.78, 5) is 24.1. The van der Waals surface area contributed by atoms with E-state index in [2.05, 4.69) is 31.7 Å². The Labute approximate surface area is 146 Å². The van der Waals surface area contributed by atoms with Gasteiger partial charge in [0.1, 0.15) is 0 Å². The molecule has 0 aliphatic rings. The van der Waals surface area contributed by atoms with Crippen LogP contribution in [0.25, 0.3) is 0 Å². The summed E-state index contributed by atoms with van der Waals surface area (Å²) in [5, 5.41) is 17.7. The van der Waals surface area contributed by atoms with E-state index in [9.17, 15) is 9.59 Å². The monoisotopic (exact) mass is 339 g/mol. The van der Waals surface area contributed by atoms with Crippen molar-refractivity contribution in [3.8, 4) is 0 Å². The fourth-order valence-electron chi connectivity index (χ4n) is 2.50. The lowest BCUT2D eigenvalue weighted by Gasteiger charge is -2.17. The minimum absolute atomic E-state index is 0.0447. The molecule has 0 aliphatic carbocycles. The van der Waals surface area contributed by atoms with Crippen LogP contribution in [0.5, 0.6) is 0 Å². The first kappa shape index (κ1) is 22.4. The van der Waals surface area contributed by atoms with Gasteiger partial charge in [-0.2, -0.15) is 0 Å². The van der Waals surface area contributed by atoms with Crippen molar-refractivity contribution in [2.75, 3.05) is 19.6 Å². The van der Waals surface area contributed by atoms with E-state index in [4.69, 9.17) is 10.2 Å². The van der Waals surface area contributed by atoms with E-state index < -0.39 is 17.9 Å². The summed E-state index contributed by atoms with van der Waals surface area (Å²) in [5.74, 6) is -3.91. The Morgan fingerprint density at radius 3 is 2.00 bits per heavy atom. The van der Waals surface area contributed by atoms with Gasteiger partial charge in [-0.05, 0) is 65.6 Å². The van der Waals surface area contributed by atoms with Crippen molar-refractivity contribution in [2.24, 2.45) is 5.92 Å². The van der Waals surface area contributed by atoms with Gasteiger partial charge in [-0.1, -0.05) is 37.1 Å². The number of allylic oxidation sites excluding steroid dienone is 4. The van der Waals surface area contributed by atoms with Gasteiger partial charge in [-0.15, -0.1) is 0 Å². The number of hydrogen-bond donors (Lipinski definition) is 2. The highest BCUT2D eigenvalue weighted by Crippen LogP contribution is 2.13. The molecule has 0 rings (SSSR count). The van der Waals surface area contributed by atoms with E-state index >= 15 is 0 Å². The normalized spacial score (nSPS) is 12.9. The van der Waals surface area contributed by atoms with E-state index in [1.165, 1.54) is 5.57 Å². The van der Waals surface area contributed by atoms with Gasteiger partial charge in [0.05, 0.1) is 0 Å². The summed E-state index contributed by atoms with van der Waals surface area (Å²) in [5.41, 5.74) is 2.42. The minimum atomic E-state index is -1.35. The standard InChI is InChI=1S/C19H33NO4/c1-5-20(6-2)14-8-11-15(3)9-7-10-16(4)12-13-17(18(21)22)19(23)24/h9,12,17H,5-8,10-11,13-14H2,1-4H3,(H,21,22)(H,23,24). The first-order valence-electron chi connectivity index (χ1n) is 8.80. The molecule has 0 unspecified atom stereocenters. The zero-order chi connectivity index (χ0) is 18.5. The van der Waals surface area contributed by atoms with Gasteiger partial charge in [-0.3, -0.25) is 9.59 Å². The predicted octanol–water partition coefficient (Wildman–Crippen LogP) is 3.96. The molecule has 2 N–H and O–H groups in total. The fraction of sp³-hybridized carbons (Fsp3) is 0.684. The molecule has 5 nitrogen and oxygen atoms in total. The second-order valence-electron chi connectivity index (χ2n) is 6.23. The summed E-state index contributed by atoms with van der Waals surface area (Å²) in [6, 6.07) is 0. The molecular formula is C19H33NO4. The summed E-state index contributed by atoms with van der Waals surface area (Å²) in [6.45, 7) is 11.7. The van der Waals surface area contributed by atoms with Crippen molar-refractivity contribution < 1.29 is 19.8 Å². The van der Waals surface area contributed by atoms with E-state index in [1.54, 1.807) is 6.08 Å². The molecule has 0 aromatic rings. The lowest BCUT2D eigenvalue weighted by Crippen LogP contribution is -2.23. The van der Waals surface area contributed by atoms with Gasteiger partial charge < -0.3 is 15.1 Å². The molecule has 5 heteroatoms. The predicted molar refractivity (Wildman–Crippen MR) is 97.1 cm³/mol. The molecule has 0 aliphatic heterocycles. The van der Waals surface area contributed by atoms with Crippen LogP contribution in [-0.4, -0.2) is 46.7 Å². The van der Waals surface area contributed by atoms with Crippen molar-refractivity contribution in [3.63, 3.8) is 0 Å². The van der Waals surface area contributed by atoms with Crippen molar-refractivity contribution in [1.82, 2.24) is 4.90 Å². The second-order valence-corrected chi connectivity index (χ2v) is 6.23. The van der Waals surface area contributed by atoms with Crippen LogP contribution in [0, 0.1) is 5.92 Å². The number of carboxylic acid groups (broad SMARTS) is 2. The van der Waals surface area contributed by atoms with Crippen LogP contribution < -0.4 is 0 Å². The maximum absolute atomic E-state index is 10.8. The van der Waals surface area contributed by atoms with Crippen LogP contribution in [0.4, 0.5) is 0 Å². The molecule has 0 radical (unpaired) electrons. The zero-order valence-corrected chi connectivity index (χ0v) is 15.5. The summed E-state index contributed by atoms with van der Waals surface area (Å²) in [7, 11) is 0. The number of nitrogens with zero attached hydrogens (tertiary/aromatic N) is 1. The van der Waals surface area contributed by atoms with Gasteiger partial charge >= 0.3 is 11.9 Å². The third-order valence-corrected chi connectivity index (χ3v) is 4.27. The highest BCUT2D eigenvalue weighted by Gasteiger charge is 2.24. The average molecular weight is 339 g/mol. The van der Waals surface area contributed by atoms with Gasteiger partial charge in [0.2, 0.25) is 0 Å². The molecule has 0 aromatic carbocycles. The van der Waals surface area contributed by atoms with E-state index in [0.29, 0.717) is 0 Å². The third-order valence-electron chi connectivity index (χ3n) is 4.27.